The monoisotopic (exact) mass is 220 g/mol. The first-order chi connectivity index (χ1) is 7.59. The zero-order valence-corrected chi connectivity index (χ0v) is 8.80. The molecule has 0 fully saturated rings. The van der Waals surface area contributed by atoms with Crippen molar-refractivity contribution in [2.75, 3.05) is 17.3 Å². The van der Waals surface area contributed by atoms with Crippen LogP contribution in [-0.2, 0) is 9.59 Å². The van der Waals surface area contributed by atoms with Crippen LogP contribution < -0.4 is 10.2 Å². The average Bonchev–Trinajstić information content (AvgIpc) is 2.24. The second kappa shape index (κ2) is 3.84. The number of carboxylic acid groups (broad SMARTS) is 1. The van der Waals surface area contributed by atoms with E-state index in [0.717, 1.165) is 11.4 Å². The number of para-hydroxylation sites is 2. The Morgan fingerprint density at radius 2 is 2.19 bits per heavy atom. The van der Waals surface area contributed by atoms with E-state index in [-0.39, 0.29) is 12.3 Å². The Balaban J connectivity index is 2.34. The van der Waals surface area contributed by atoms with E-state index < -0.39 is 12.0 Å². The molecule has 1 aromatic rings. The third-order valence-corrected chi connectivity index (χ3v) is 2.68. The van der Waals surface area contributed by atoms with Gasteiger partial charge in [-0.3, -0.25) is 9.59 Å². The number of hydrogen-bond acceptors (Lipinski definition) is 3. The molecule has 1 atom stereocenters. The summed E-state index contributed by atoms with van der Waals surface area (Å²) in [5.41, 5.74) is 1.56. The Morgan fingerprint density at radius 1 is 1.50 bits per heavy atom. The van der Waals surface area contributed by atoms with E-state index in [9.17, 15) is 9.59 Å². The number of likely N-dealkylation sites (N-methyl/N-ethyl adjacent to an activating group) is 1. The summed E-state index contributed by atoms with van der Waals surface area (Å²) in [5, 5.41) is 11.4. The van der Waals surface area contributed by atoms with Crippen molar-refractivity contribution in [2.45, 2.75) is 12.5 Å². The number of carbonyl (C=O) groups excluding carboxylic acids is 1. The van der Waals surface area contributed by atoms with Gasteiger partial charge in [0.15, 0.2) is 0 Å². The molecule has 1 aliphatic rings. The first kappa shape index (κ1) is 10.5. The van der Waals surface area contributed by atoms with Gasteiger partial charge < -0.3 is 15.3 Å². The molecule has 1 aliphatic heterocycles. The van der Waals surface area contributed by atoms with Crippen molar-refractivity contribution >= 4 is 23.3 Å². The average molecular weight is 220 g/mol. The number of fused-ring (bicyclic) bond motifs is 1. The molecule has 5 nitrogen and oxygen atoms in total. The van der Waals surface area contributed by atoms with Crippen LogP contribution in [0.25, 0.3) is 0 Å². The molecule has 0 bridgehead atoms. The molecule has 2 N–H and O–H groups in total. The van der Waals surface area contributed by atoms with Crippen molar-refractivity contribution in [1.29, 1.82) is 0 Å². The van der Waals surface area contributed by atoms with Crippen LogP contribution in [0.4, 0.5) is 11.4 Å². The summed E-state index contributed by atoms with van der Waals surface area (Å²) >= 11 is 0. The smallest absolute Gasteiger partial charge is 0.305 e. The molecular formula is C11H12N2O3. The first-order valence-corrected chi connectivity index (χ1v) is 4.94. The molecule has 1 amide bonds. The number of carbonyl (C=O) groups is 2. The van der Waals surface area contributed by atoms with E-state index in [2.05, 4.69) is 5.32 Å². The number of hydrogen-bond donors (Lipinski definition) is 2. The van der Waals surface area contributed by atoms with Crippen LogP contribution in [0.5, 0.6) is 0 Å². The van der Waals surface area contributed by atoms with Gasteiger partial charge >= 0.3 is 5.97 Å². The highest BCUT2D eigenvalue weighted by molar-refractivity contribution is 6.04. The van der Waals surface area contributed by atoms with Crippen molar-refractivity contribution in [3.63, 3.8) is 0 Å². The summed E-state index contributed by atoms with van der Waals surface area (Å²) in [4.78, 5) is 24.0. The lowest BCUT2D eigenvalue weighted by molar-refractivity contribution is -0.138. The lowest BCUT2D eigenvalue weighted by Gasteiger charge is -2.34. The van der Waals surface area contributed by atoms with E-state index in [1.807, 2.05) is 18.2 Å². The fourth-order valence-corrected chi connectivity index (χ4v) is 1.84. The second-order valence-corrected chi connectivity index (χ2v) is 3.73. The van der Waals surface area contributed by atoms with Gasteiger partial charge in [-0.25, -0.2) is 0 Å². The maximum atomic E-state index is 11.7. The number of aliphatic carboxylic acids is 1. The van der Waals surface area contributed by atoms with Gasteiger partial charge in [0.1, 0.15) is 6.04 Å². The van der Waals surface area contributed by atoms with Crippen molar-refractivity contribution < 1.29 is 14.7 Å². The lowest BCUT2D eigenvalue weighted by Crippen LogP contribution is -2.47. The zero-order chi connectivity index (χ0) is 11.7. The summed E-state index contributed by atoms with van der Waals surface area (Å²) in [6.07, 6.45) is -0.198. The summed E-state index contributed by atoms with van der Waals surface area (Å²) in [6.45, 7) is 0. The van der Waals surface area contributed by atoms with Gasteiger partial charge in [-0.1, -0.05) is 12.1 Å². The fraction of sp³-hybridized carbons (Fsp3) is 0.273. The van der Waals surface area contributed by atoms with E-state index >= 15 is 0 Å². The van der Waals surface area contributed by atoms with Gasteiger partial charge in [-0.2, -0.15) is 0 Å². The number of nitrogens with one attached hydrogen (secondary N) is 1. The van der Waals surface area contributed by atoms with Gasteiger partial charge in [-0.05, 0) is 12.1 Å². The number of benzene rings is 1. The highest BCUT2D eigenvalue weighted by Crippen LogP contribution is 2.31. The van der Waals surface area contributed by atoms with Crippen LogP contribution in [0.3, 0.4) is 0 Å². The molecule has 0 spiro atoms. The molecular weight excluding hydrogens is 208 g/mol. The number of nitrogens with zero attached hydrogens (tertiary/aromatic N) is 1. The molecule has 16 heavy (non-hydrogen) atoms. The normalized spacial score (nSPS) is 18.9. The van der Waals surface area contributed by atoms with Crippen LogP contribution in [0.1, 0.15) is 6.42 Å². The largest absolute Gasteiger partial charge is 0.481 e. The van der Waals surface area contributed by atoms with E-state index in [1.54, 1.807) is 18.0 Å². The predicted octanol–water partition coefficient (Wildman–Crippen LogP) is 0.918. The van der Waals surface area contributed by atoms with E-state index in [4.69, 9.17) is 5.11 Å². The van der Waals surface area contributed by atoms with Crippen LogP contribution in [-0.4, -0.2) is 30.1 Å². The standard InChI is InChI=1S/C11H12N2O3/c1-13-8-5-3-2-4-7(8)12-11(16)9(13)6-10(14)15/h2-5,9H,6H2,1H3,(H,12,16)(H,14,15). The van der Waals surface area contributed by atoms with Gasteiger partial charge in [0.25, 0.3) is 0 Å². The van der Waals surface area contributed by atoms with Crippen LogP contribution in [0.2, 0.25) is 0 Å². The molecule has 0 aliphatic carbocycles. The third kappa shape index (κ3) is 1.71. The van der Waals surface area contributed by atoms with Crippen molar-refractivity contribution in [2.24, 2.45) is 0 Å². The third-order valence-electron chi connectivity index (χ3n) is 2.68. The van der Waals surface area contributed by atoms with Crippen molar-refractivity contribution in [3.8, 4) is 0 Å². The molecule has 1 aromatic carbocycles. The SMILES string of the molecule is CN1c2ccccc2NC(=O)C1CC(=O)O. The summed E-state index contributed by atoms with van der Waals surface area (Å²) in [5.74, 6) is -1.25. The first-order valence-electron chi connectivity index (χ1n) is 4.94. The minimum absolute atomic E-state index is 0.198. The highest BCUT2D eigenvalue weighted by Gasteiger charge is 2.31. The second-order valence-electron chi connectivity index (χ2n) is 3.73. The number of anilines is 2. The number of carboxylic acids is 1. The Kier molecular flexibility index (Phi) is 2.52. The molecule has 0 saturated carbocycles. The summed E-state index contributed by atoms with van der Waals surface area (Å²) < 4.78 is 0. The molecule has 1 heterocycles. The molecule has 2 rings (SSSR count). The van der Waals surface area contributed by atoms with Crippen LogP contribution in [0, 0.1) is 0 Å². The summed E-state index contributed by atoms with van der Waals surface area (Å²) in [7, 11) is 1.73. The number of amides is 1. The number of rotatable bonds is 2. The molecule has 1 unspecified atom stereocenters. The molecule has 0 radical (unpaired) electrons. The topological polar surface area (TPSA) is 69.6 Å². The van der Waals surface area contributed by atoms with Gasteiger partial charge in [0.05, 0.1) is 17.8 Å². The zero-order valence-electron chi connectivity index (χ0n) is 8.80. The molecule has 5 heteroatoms. The molecule has 0 saturated heterocycles. The fourth-order valence-electron chi connectivity index (χ4n) is 1.84. The maximum Gasteiger partial charge on any atom is 0.305 e. The van der Waals surface area contributed by atoms with Gasteiger partial charge in [-0.15, -0.1) is 0 Å². The van der Waals surface area contributed by atoms with Crippen molar-refractivity contribution in [1.82, 2.24) is 0 Å². The quantitative estimate of drug-likeness (QED) is 0.777. The van der Waals surface area contributed by atoms with E-state index in [0.29, 0.717) is 0 Å². The Bertz CT molecular complexity index is 445. The molecule has 84 valence electrons. The van der Waals surface area contributed by atoms with Crippen LogP contribution >= 0.6 is 0 Å². The van der Waals surface area contributed by atoms with Gasteiger partial charge in [0, 0.05) is 7.05 Å². The highest BCUT2D eigenvalue weighted by atomic mass is 16.4. The lowest BCUT2D eigenvalue weighted by atomic mass is 10.1. The molecule has 0 aromatic heterocycles. The Labute approximate surface area is 92.7 Å². The van der Waals surface area contributed by atoms with Crippen LogP contribution in [0.15, 0.2) is 24.3 Å². The van der Waals surface area contributed by atoms with E-state index in [1.165, 1.54) is 0 Å². The maximum absolute atomic E-state index is 11.7. The Hall–Kier alpha value is -2.04. The minimum atomic E-state index is -0.980. The Morgan fingerprint density at radius 3 is 2.88 bits per heavy atom. The minimum Gasteiger partial charge on any atom is -0.481 e. The predicted molar refractivity (Wildman–Crippen MR) is 59.5 cm³/mol. The van der Waals surface area contributed by atoms with Crippen molar-refractivity contribution in [3.05, 3.63) is 24.3 Å². The van der Waals surface area contributed by atoms with Gasteiger partial charge in [0.2, 0.25) is 5.91 Å². The summed E-state index contributed by atoms with van der Waals surface area (Å²) in [6, 6.07) is 6.67.